The van der Waals surface area contributed by atoms with Crippen LogP contribution in [-0.4, -0.2) is 36.5 Å². The molecule has 0 fully saturated rings. The van der Waals surface area contributed by atoms with Gasteiger partial charge in [-0.05, 0) is 24.3 Å². The zero-order valence-corrected chi connectivity index (χ0v) is 18.5. The molecule has 0 N–H and O–H groups in total. The summed E-state index contributed by atoms with van der Waals surface area (Å²) in [5, 5.41) is 0. The van der Waals surface area contributed by atoms with Crippen LogP contribution in [0.4, 0.5) is 0 Å². The van der Waals surface area contributed by atoms with E-state index in [1.807, 2.05) is 18.2 Å². The van der Waals surface area contributed by atoms with Gasteiger partial charge in [0, 0.05) is 6.61 Å². The van der Waals surface area contributed by atoms with Gasteiger partial charge in [-0.15, -0.1) is 0 Å². The summed E-state index contributed by atoms with van der Waals surface area (Å²) in [6.07, 6.45) is 7.18. The average Bonchev–Trinajstić information content (AvgIpc) is 2.47. The number of halogens is 1. The van der Waals surface area contributed by atoms with Crippen molar-refractivity contribution in [1.29, 1.82) is 0 Å². The minimum absolute atomic E-state index is 0. The topological polar surface area (TPSA) is 18.5 Å². The van der Waals surface area contributed by atoms with Gasteiger partial charge in [-0.25, -0.2) is 0 Å². The number of hydrogen-bond acceptors (Lipinski definition) is 2. The maximum absolute atomic E-state index is 5.53. The molecule has 0 saturated carbocycles. The van der Waals surface area contributed by atoms with E-state index < -0.39 is 0 Å². The van der Waals surface area contributed by atoms with Gasteiger partial charge < -0.3 is 39.9 Å². The van der Waals surface area contributed by atoms with Crippen molar-refractivity contribution in [2.75, 3.05) is 13.4 Å². The molecule has 4 heteroatoms. The molecule has 0 aliphatic heterocycles. The first kappa shape index (κ1) is 25.9. The van der Waals surface area contributed by atoms with Crippen LogP contribution in [0.3, 0.4) is 0 Å². The van der Waals surface area contributed by atoms with Crippen molar-refractivity contribution in [3.63, 3.8) is 0 Å². The molecule has 23 heavy (non-hydrogen) atoms. The van der Waals surface area contributed by atoms with E-state index in [1.54, 1.807) is 0 Å². The summed E-state index contributed by atoms with van der Waals surface area (Å²) in [6, 6.07) is 10.2. The summed E-state index contributed by atoms with van der Waals surface area (Å²) >= 11 is 0. The summed E-state index contributed by atoms with van der Waals surface area (Å²) in [7, 11) is 0. The number of benzene rings is 1. The van der Waals surface area contributed by atoms with Gasteiger partial charge in [0.1, 0.15) is 6.79 Å². The van der Waals surface area contributed by atoms with E-state index in [0.29, 0.717) is 13.4 Å². The molecule has 2 atom stereocenters. The van der Waals surface area contributed by atoms with Crippen molar-refractivity contribution in [3.8, 4) is 0 Å². The second kappa shape index (κ2) is 17.5. The van der Waals surface area contributed by atoms with E-state index in [2.05, 4.69) is 39.3 Å². The average molecular weight is 443 g/mol. The number of ether oxygens (including phenoxy) is 2. The van der Waals surface area contributed by atoms with Crippen LogP contribution in [-0.2, 0) is 16.1 Å². The molecule has 0 aliphatic carbocycles. The molecule has 0 amide bonds. The predicted molar refractivity (Wildman–Crippen MR) is 94.6 cm³/mol. The van der Waals surface area contributed by atoms with E-state index in [4.69, 9.17) is 9.47 Å². The van der Waals surface area contributed by atoms with Gasteiger partial charge >= 0.3 is 23.1 Å². The van der Waals surface area contributed by atoms with Crippen LogP contribution in [0.2, 0.25) is 0 Å². The van der Waals surface area contributed by atoms with E-state index in [0.717, 1.165) is 24.9 Å². The minimum atomic E-state index is 0. The van der Waals surface area contributed by atoms with Gasteiger partial charge in [-0.1, -0.05) is 56.5 Å². The normalized spacial score (nSPS) is 12.8. The standard InChI is InChI=1S/C19H31O2.HI.Mg/c1-4-9-17(2)14-18(3)10-8-13-20-16-21-15-19-11-6-5-7-12-19;;/h4-7,11-12,17-18H,8-10,13-16H2,1-3H3;1H;/q-1;;+2/p-1. The van der Waals surface area contributed by atoms with Crippen LogP contribution in [0.5, 0.6) is 0 Å². The Hall–Kier alpha value is 0.636. The van der Waals surface area contributed by atoms with Crippen molar-refractivity contribution in [1.82, 2.24) is 0 Å². The van der Waals surface area contributed by atoms with Gasteiger partial charge in [0.25, 0.3) is 0 Å². The van der Waals surface area contributed by atoms with Crippen LogP contribution < -0.4 is 24.0 Å². The van der Waals surface area contributed by atoms with Gasteiger partial charge in [-0.3, -0.25) is 0 Å². The van der Waals surface area contributed by atoms with Crippen molar-refractivity contribution in [3.05, 3.63) is 42.3 Å². The van der Waals surface area contributed by atoms with Crippen molar-refractivity contribution >= 4 is 23.1 Å². The Kier molecular flexibility index (Phi) is 19.6. The van der Waals surface area contributed by atoms with Gasteiger partial charge in [0.2, 0.25) is 0 Å². The Morgan fingerprint density at radius 2 is 1.74 bits per heavy atom. The van der Waals surface area contributed by atoms with Crippen LogP contribution in [0.15, 0.2) is 30.3 Å². The summed E-state index contributed by atoms with van der Waals surface area (Å²) in [6.45, 7) is 8.65. The zero-order valence-electron chi connectivity index (χ0n) is 15.0. The van der Waals surface area contributed by atoms with E-state index in [9.17, 15) is 0 Å². The molecule has 0 saturated heterocycles. The summed E-state index contributed by atoms with van der Waals surface area (Å²) in [5.41, 5.74) is 1.19. The fraction of sp³-hybridized carbons (Fsp3) is 0.632. The van der Waals surface area contributed by atoms with Crippen molar-refractivity contribution in [2.24, 2.45) is 11.8 Å². The van der Waals surface area contributed by atoms with Gasteiger partial charge in [0.15, 0.2) is 0 Å². The molecule has 1 rings (SSSR count). The Bertz CT molecular complexity index is 348. The van der Waals surface area contributed by atoms with Gasteiger partial charge in [0.05, 0.1) is 6.61 Å². The second-order valence-corrected chi connectivity index (χ2v) is 6.09. The van der Waals surface area contributed by atoms with Crippen LogP contribution in [0.25, 0.3) is 0 Å². The fourth-order valence-electron chi connectivity index (χ4n) is 2.69. The molecule has 128 valence electrons. The minimum Gasteiger partial charge on any atom is -1.00 e. The molecule has 0 bridgehead atoms. The van der Waals surface area contributed by atoms with Crippen molar-refractivity contribution in [2.45, 2.75) is 53.1 Å². The zero-order chi connectivity index (χ0) is 15.3. The molecular weight excluding hydrogens is 411 g/mol. The second-order valence-electron chi connectivity index (χ2n) is 6.09. The molecule has 0 heterocycles. The SMILES string of the molecule is C[CH-]CC(C)CC(C)CCCOCOCc1ccccc1.[I-].[Mg+2]. The molecule has 1 aromatic carbocycles. The third-order valence-electron chi connectivity index (χ3n) is 3.71. The summed E-state index contributed by atoms with van der Waals surface area (Å²) < 4.78 is 11.0. The van der Waals surface area contributed by atoms with Crippen molar-refractivity contribution < 1.29 is 33.5 Å². The van der Waals surface area contributed by atoms with Crippen LogP contribution in [0, 0.1) is 18.3 Å². The molecule has 0 spiro atoms. The van der Waals surface area contributed by atoms with E-state index >= 15 is 0 Å². The quantitative estimate of drug-likeness (QED) is 0.162. The molecular formula is C19H31IMgO2. The molecule has 2 nitrogen and oxygen atoms in total. The Labute approximate surface area is 176 Å². The third kappa shape index (κ3) is 14.7. The molecule has 1 aromatic rings. The van der Waals surface area contributed by atoms with Crippen LogP contribution >= 0.6 is 0 Å². The van der Waals surface area contributed by atoms with Gasteiger partial charge in [-0.2, -0.15) is 13.3 Å². The van der Waals surface area contributed by atoms with E-state index in [-0.39, 0.29) is 47.0 Å². The third-order valence-corrected chi connectivity index (χ3v) is 3.71. The molecule has 0 radical (unpaired) electrons. The van der Waals surface area contributed by atoms with Crippen LogP contribution in [0.1, 0.15) is 52.0 Å². The predicted octanol–water partition coefficient (Wildman–Crippen LogP) is 1.86. The maximum Gasteiger partial charge on any atom is 2.00 e. The smallest absolute Gasteiger partial charge is 1.00 e. The summed E-state index contributed by atoms with van der Waals surface area (Å²) in [5.74, 6) is 1.59. The fourth-order valence-corrected chi connectivity index (χ4v) is 2.69. The Balaban J connectivity index is 0. The Morgan fingerprint density at radius 1 is 1.04 bits per heavy atom. The molecule has 0 aromatic heterocycles. The largest absolute Gasteiger partial charge is 2.00 e. The molecule has 0 aliphatic rings. The first-order valence-corrected chi connectivity index (χ1v) is 8.19. The Morgan fingerprint density at radius 3 is 2.39 bits per heavy atom. The first-order valence-electron chi connectivity index (χ1n) is 8.19. The number of hydrogen-bond donors (Lipinski definition) is 0. The summed E-state index contributed by atoms with van der Waals surface area (Å²) in [4.78, 5) is 0. The first-order chi connectivity index (χ1) is 10.2. The van der Waals surface area contributed by atoms with E-state index in [1.165, 1.54) is 24.8 Å². The maximum atomic E-state index is 5.53. The number of rotatable bonds is 12. The monoisotopic (exact) mass is 442 g/mol. The molecule has 2 unspecified atom stereocenters.